The molecule has 0 radical (unpaired) electrons. The lowest BCUT2D eigenvalue weighted by Crippen LogP contribution is -2.20. The van der Waals surface area contributed by atoms with Crippen LogP contribution in [0.25, 0.3) is 0 Å². The second-order valence-corrected chi connectivity index (χ2v) is 7.28. The third kappa shape index (κ3) is 4.96. The van der Waals surface area contributed by atoms with Gasteiger partial charge in [0.25, 0.3) is 0 Å². The molecule has 0 aromatic heterocycles. The summed E-state index contributed by atoms with van der Waals surface area (Å²) in [5, 5.41) is 0. The lowest BCUT2D eigenvalue weighted by atomic mass is 10.1. The van der Waals surface area contributed by atoms with Crippen molar-refractivity contribution >= 4 is 25.8 Å². The van der Waals surface area contributed by atoms with Crippen LogP contribution in [0.1, 0.15) is 24.9 Å². The fraction of sp³-hybridized carbons (Fsp3) is 0.500. The molecule has 4 nitrogen and oxygen atoms in total. The van der Waals surface area contributed by atoms with Crippen LogP contribution in [0.5, 0.6) is 5.75 Å². The van der Waals surface area contributed by atoms with E-state index < -0.39 is 15.9 Å². The third-order valence-corrected chi connectivity index (χ3v) is 3.91. The molecule has 0 saturated carbocycles. The molecule has 0 aliphatic heterocycles. The number of sulfone groups is 1. The van der Waals surface area contributed by atoms with Crippen LogP contribution in [0, 0.1) is 0 Å². The first kappa shape index (κ1) is 15.5. The lowest BCUT2D eigenvalue weighted by Gasteiger charge is -2.13. The summed E-state index contributed by atoms with van der Waals surface area (Å²) in [6.07, 6.45) is 2.11. The first-order chi connectivity index (χ1) is 8.33. The van der Waals surface area contributed by atoms with Crippen molar-refractivity contribution in [1.82, 2.24) is 0 Å². The van der Waals surface area contributed by atoms with Crippen LogP contribution >= 0.6 is 15.9 Å². The molecule has 0 heterocycles. The summed E-state index contributed by atoms with van der Waals surface area (Å²) in [6, 6.07) is 4.89. The van der Waals surface area contributed by atoms with Crippen LogP contribution in [0.4, 0.5) is 0 Å². The van der Waals surface area contributed by atoms with Gasteiger partial charge in [-0.25, -0.2) is 8.42 Å². The van der Waals surface area contributed by atoms with E-state index >= 15 is 0 Å². The quantitative estimate of drug-likeness (QED) is 0.865. The predicted molar refractivity (Wildman–Crippen MR) is 76.6 cm³/mol. The molecule has 1 rings (SSSR count). The van der Waals surface area contributed by atoms with E-state index in [9.17, 15) is 8.42 Å². The van der Waals surface area contributed by atoms with Crippen molar-refractivity contribution in [3.63, 3.8) is 0 Å². The summed E-state index contributed by atoms with van der Waals surface area (Å²) >= 11 is 3.40. The molecular weight excluding hydrogens is 318 g/mol. The van der Waals surface area contributed by atoms with Crippen molar-refractivity contribution in [3.05, 3.63) is 28.2 Å². The summed E-state index contributed by atoms with van der Waals surface area (Å²) in [5.74, 6) is 0.682. The molecule has 1 aromatic rings. The molecule has 0 aliphatic rings. The van der Waals surface area contributed by atoms with E-state index in [1.54, 1.807) is 18.2 Å². The van der Waals surface area contributed by atoms with Gasteiger partial charge in [-0.15, -0.1) is 0 Å². The van der Waals surface area contributed by atoms with Crippen LogP contribution in [0.2, 0.25) is 0 Å². The van der Waals surface area contributed by atoms with Crippen LogP contribution in [-0.4, -0.2) is 27.0 Å². The lowest BCUT2D eigenvalue weighted by molar-refractivity contribution is 0.315. The Morgan fingerprint density at radius 1 is 1.44 bits per heavy atom. The van der Waals surface area contributed by atoms with Crippen molar-refractivity contribution in [3.8, 4) is 5.75 Å². The van der Waals surface area contributed by atoms with Crippen LogP contribution in [0.3, 0.4) is 0 Å². The van der Waals surface area contributed by atoms with Gasteiger partial charge in [0.15, 0.2) is 0 Å². The third-order valence-electron chi connectivity index (χ3n) is 2.33. The Kier molecular flexibility index (Phi) is 5.62. The molecule has 0 aliphatic carbocycles. The van der Waals surface area contributed by atoms with Gasteiger partial charge in [-0.05, 0) is 40.0 Å². The Bertz CT molecular complexity index is 502. The normalized spacial score (nSPS) is 13.3. The Labute approximate surface area is 117 Å². The van der Waals surface area contributed by atoms with E-state index in [0.29, 0.717) is 6.61 Å². The average molecular weight is 336 g/mol. The molecule has 6 heteroatoms. The van der Waals surface area contributed by atoms with Crippen molar-refractivity contribution in [2.24, 2.45) is 5.73 Å². The van der Waals surface area contributed by atoms with Crippen molar-refractivity contribution in [2.75, 3.05) is 18.6 Å². The van der Waals surface area contributed by atoms with E-state index in [4.69, 9.17) is 10.5 Å². The number of hydrogen-bond acceptors (Lipinski definition) is 4. The van der Waals surface area contributed by atoms with Gasteiger partial charge in [0, 0.05) is 12.3 Å². The molecule has 0 bridgehead atoms. The monoisotopic (exact) mass is 335 g/mol. The Balaban J connectivity index is 2.83. The van der Waals surface area contributed by atoms with Gasteiger partial charge in [-0.1, -0.05) is 13.0 Å². The molecule has 18 heavy (non-hydrogen) atoms. The minimum Gasteiger partial charge on any atom is -0.492 e. The van der Waals surface area contributed by atoms with E-state index in [2.05, 4.69) is 15.9 Å². The second-order valence-electron chi connectivity index (χ2n) is 4.24. The van der Waals surface area contributed by atoms with Crippen LogP contribution < -0.4 is 10.5 Å². The second kappa shape index (κ2) is 6.54. The van der Waals surface area contributed by atoms with E-state index in [-0.39, 0.29) is 5.75 Å². The number of ether oxygens (including phenoxy) is 1. The van der Waals surface area contributed by atoms with Crippen LogP contribution in [-0.2, 0) is 9.84 Å². The number of rotatable bonds is 6. The summed E-state index contributed by atoms with van der Waals surface area (Å²) in [5.41, 5.74) is 6.63. The fourth-order valence-corrected chi connectivity index (χ4v) is 2.85. The summed E-state index contributed by atoms with van der Waals surface area (Å²) in [7, 11) is -3.08. The Morgan fingerprint density at radius 2 is 2.11 bits per heavy atom. The Hall–Kier alpha value is -0.590. The highest BCUT2D eigenvalue weighted by Gasteiger charge is 2.14. The molecular formula is C12H18BrNO3S. The molecule has 2 N–H and O–H groups in total. The van der Waals surface area contributed by atoms with E-state index in [0.717, 1.165) is 22.2 Å². The molecule has 1 unspecified atom stereocenters. The highest BCUT2D eigenvalue weighted by molar-refractivity contribution is 9.10. The van der Waals surface area contributed by atoms with Gasteiger partial charge < -0.3 is 10.5 Å². The minimum absolute atomic E-state index is 0.0609. The Morgan fingerprint density at radius 3 is 2.61 bits per heavy atom. The maximum Gasteiger partial charge on any atom is 0.149 e. The minimum atomic E-state index is -3.08. The molecule has 0 saturated heterocycles. The SMILES string of the molecule is CCCOc1ccc(C(N)CS(C)(=O)=O)cc1Br. The molecule has 102 valence electrons. The fourth-order valence-electron chi connectivity index (χ4n) is 1.50. The highest BCUT2D eigenvalue weighted by atomic mass is 79.9. The number of halogens is 1. The molecule has 1 atom stereocenters. The van der Waals surface area contributed by atoms with Crippen molar-refractivity contribution < 1.29 is 13.2 Å². The van der Waals surface area contributed by atoms with Gasteiger partial charge in [0.1, 0.15) is 15.6 Å². The first-order valence-electron chi connectivity index (χ1n) is 5.69. The maximum absolute atomic E-state index is 11.2. The molecule has 0 fully saturated rings. The number of benzene rings is 1. The van der Waals surface area contributed by atoms with Gasteiger partial charge in [0.2, 0.25) is 0 Å². The average Bonchev–Trinajstić information content (AvgIpc) is 2.25. The van der Waals surface area contributed by atoms with Gasteiger partial charge in [-0.3, -0.25) is 0 Å². The summed E-state index contributed by atoms with van der Waals surface area (Å²) in [6.45, 7) is 2.68. The number of nitrogens with two attached hydrogens (primary N) is 1. The summed E-state index contributed by atoms with van der Waals surface area (Å²) in [4.78, 5) is 0. The standard InChI is InChI=1S/C12H18BrNO3S/c1-3-6-17-12-5-4-9(7-10(12)13)11(14)8-18(2,15)16/h4-5,7,11H,3,6,8,14H2,1-2H3. The summed E-state index contributed by atoms with van der Waals surface area (Å²) < 4.78 is 28.7. The zero-order valence-corrected chi connectivity index (χ0v) is 12.9. The smallest absolute Gasteiger partial charge is 0.149 e. The van der Waals surface area contributed by atoms with E-state index in [1.807, 2.05) is 6.92 Å². The van der Waals surface area contributed by atoms with E-state index in [1.165, 1.54) is 6.26 Å². The zero-order chi connectivity index (χ0) is 13.8. The highest BCUT2D eigenvalue weighted by Crippen LogP contribution is 2.28. The van der Waals surface area contributed by atoms with Gasteiger partial charge in [0.05, 0.1) is 16.8 Å². The molecule has 0 amide bonds. The van der Waals surface area contributed by atoms with Crippen molar-refractivity contribution in [2.45, 2.75) is 19.4 Å². The molecule has 0 spiro atoms. The number of hydrogen-bond donors (Lipinski definition) is 1. The zero-order valence-electron chi connectivity index (χ0n) is 10.5. The largest absolute Gasteiger partial charge is 0.492 e. The van der Waals surface area contributed by atoms with Gasteiger partial charge in [-0.2, -0.15) is 0 Å². The van der Waals surface area contributed by atoms with Crippen LogP contribution in [0.15, 0.2) is 22.7 Å². The van der Waals surface area contributed by atoms with Crippen molar-refractivity contribution in [1.29, 1.82) is 0 Å². The first-order valence-corrected chi connectivity index (χ1v) is 8.54. The topological polar surface area (TPSA) is 69.4 Å². The predicted octanol–water partition coefficient (Wildman–Crippen LogP) is 2.28. The maximum atomic E-state index is 11.2. The van der Waals surface area contributed by atoms with Gasteiger partial charge >= 0.3 is 0 Å². The molecule has 1 aromatic carbocycles.